The van der Waals surface area contributed by atoms with Gasteiger partial charge >= 0.3 is 11.9 Å². The van der Waals surface area contributed by atoms with Crippen LogP contribution in [-0.4, -0.2) is 61.3 Å². The number of carbonyl (C=O) groups excluding carboxylic acids is 2. The summed E-state index contributed by atoms with van der Waals surface area (Å²) in [7, 11) is 5.73. The summed E-state index contributed by atoms with van der Waals surface area (Å²) in [6.45, 7) is 0.426. The number of carboxylic acids is 2. The Kier molecular flexibility index (Phi) is 12.4. The number of carboxylic acid groups (broad SMARTS) is 2. The van der Waals surface area contributed by atoms with Crippen molar-refractivity contribution in [2.24, 2.45) is 0 Å². The Bertz CT molecular complexity index is 467. The van der Waals surface area contributed by atoms with E-state index in [1.54, 1.807) is 6.08 Å². The van der Waals surface area contributed by atoms with Gasteiger partial charge in [-0.2, -0.15) is 0 Å². The molecule has 0 saturated heterocycles. The zero-order valence-corrected chi connectivity index (χ0v) is 16.2. The predicted molar refractivity (Wildman–Crippen MR) is 96.1 cm³/mol. The van der Waals surface area contributed by atoms with Gasteiger partial charge in [0.2, 0.25) is 0 Å². The molecule has 0 bridgehead atoms. The van der Waals surface area contributed by atoms with Gasteiger partial charge in [-0.05, 0) is 19.3 Å². The number of aliphatic carboxylic acids is 2. The summed E-state index contributed by atoms with van der Waals surface area (Å²) in [6, 6.07) is 0. The van der Waals surface area contributed by atoms with Crippen LogP contribution < -0.4 is 5.11 Å². The number of rotatable bonds is 15. The molecule has 1 atom stereocenters. The van der Waals surface area contributed by atoms with Gasteiger partial charge < -0.3 is 24.2 Å². The molecule has 150 valence electrons. The number of esters is 1. The second kappa shape index (κ2) is 13.3. The monoisotopic (exact) mass is 371 g/mol. The first kappa shape index (κ1) is 24.1. The van der Waals surface area contributed by atoms with Gasteiger partial charge in [-0.1, -0.05) is 31.4 Å². The highest BCUT2D eigenvalue weighted by atomic mass is 16.5. The molecule has 0 spiro atoms. The van der Waals surface area contributed by atoms with E-state index in [1.165, 1.54) is 0 Å². The summed E-state index contributed by atoms with van der Waals surface area (Å²) in [4.78, 5) is 33.0. The molecular weight excluding hydrogens is 338 g/mol. The fraction of sp³-hybridized carbons (Fsp3) is 0.737. The lowest BCUT2D eigenvalue weighted by molar-refractivity contribution is -0.873. The average Bonchev–Trinajstić information content (AvgIpc) is 2.46. The van der Waals surface area contributed by atoms with Crippen LogP contribution in [0.15, 0.2) is 12.2 Å². The maximum Gasteiger partial charge on any atom is 0.307 e. The van der Waals surface area contributed by atoms with E-state index in [4.69, 9.17) is 9.84 Å². The number of unbranched alkanes of at least 4 members (excludes halogenated alkanes) is 5. The Morgan fingerprint density at radius 2 is 1.65 bits per heavy atom. The van der Waals surface area contributed by atoms with Gasteiger partial charge in [-0.3, -0.25) is 9.59 Å². The summed E-state index contributed by atoms with van der Waals surface area (Å²) < 4.78 is 5.80. The highest BCUT2D eigenvalue weighted by Crippen LogP contribution is 2.11. The van der Waals surface area contributed by atoms with Crippen molar-refractivity contribution in [2.45, 2.75) is 63.9 Å². The van der Waals surface area contributed by atoms with E-state index >= 15 is 0 Å². The lowest BCUT2D eigenvalue weighted by atomic mass is 10.1. The molecule has 0 aliphatic rings. The van der Waals surface area contributed by atoms with Crippen LogP contribution in [0.4, 0.5) is 0 Å². The van der Waals surface area contributed by atoms with Gasteiger partial charge in [-0.25, -0.2) is 0 Å². The molecule has 0 aromatic rings. The molecule has 0 aromatic heterocycles. The van der Waals surface area contributed by atoms with Crippen LogP contribution in [0.3, 0.4) is 0 Å². The molecule has 7 heteroatoms. The normalized spacial score (nSPS) is 12.9. The van der Waals surface area contributed by atoms with E-state index in [0.29, 0.717) is 17.4 Å². The van der Waals surface area contributed by atoms with Gasteiger partial charge in [0, 0.05) is 18.8 Å². The fourth-order valence-corrected chi connectivity index (χ4v) is 2.55. The minimum atomic E-state index is -1.21. The van der Waals surface area contributed by atoms with Gasteiger partial charge in [0.1, 0.15) is 6.54 Å². The Labute approximate surface area is 156 Å². The third-order valence-electron chi connectivity index (χ3n) is 3.65. The average molecular weight is 371 g/mol. The molecule has 7 nitrogen and oxygen atoms in total. The van der Waals surface area contributed by atoms with E-state index in [-0.39, 0.29) is 18.8 Å². The first-order valence-corrected chi connectivity index (χ1v) is 9.16. The van der Waals surface area contributed by atoms with Crippen molar-refractivity contribution in [1.29, 1.82) is 0 Å². The highest BCUT2D eigenvalue weighted by Gasteiger charge is 2.22. The molecule has 0 aromatic carbocycles. The van der Waals surface area contributed by atoms with Crippen molar-refractivity contribution < 1.29 is 33.8 Å². The number of hydrogen-bond donors (Lipinski definition) is 1. The van der Waals surface area contributed by atoms with E-state index in [2.05, 4.69) is 0 Å². The van der Waals surface area contributed by atoms with Crippen molar-refractivity contribution in [2.75, 3.05) is 27.7 Å². The molecule has 0 rings (SSSR count). The van der Waals surface area contributed by atoms with E-state index in [1.807, 2.05) is 27.2 Å². The van der Waals surface area contributed by atoms with E-state index < -0.39 is 18.0 Å². The number of nitrogens with zero attached hydrogens (tertiary/aromatic N) is 1. The number of likely N-dealkylation sites (N-methyl/N-ethyl adjacent to an activating group) is 1. The van der Waals surface area contributed by atoms with Crippen molar-refractivity contribution in [1.82, 2.24) is 0 Å². The number of hydrogen-bond acceptors (Lipinski definition) is 5. The van der Waals surface area contributed by atoms with Crippen LogP contribution in [0.25, 0.3) is 0 Å². The zero-order valence-electron chi connectivity index (χ0n) is 16.2. The summed E-state index contributed by atoms with van der Waals surface area (Å²) in [6.07, 6.45) is 8.49. The molecule has 0 saturated carbocycles. The number of carbonyl (C=O) groups is 3. The van der Waals surface area contributed by atoms with Crippen molar-refractivity contribution in [3.05, 3.63) is 12.2 Å². The molecule has 0 amide bonds. The molecule has 0 fully saturated rings. The molecule has 0 radical (unpaired) electrons. The number of ether oxygens (including phenoxy) is 1. The third kappa shape index (κ3) is 17.0. The van der Waals surface area contributed by atoms with Crippen molar-refractivity contribution in [3.63, 3.8) is 0 Å². The van der Waals surface area contributed by atoms with Crippen LogP contribution in [-0.2, 0) is 19.1 Å². The van der Waals surface area contributed by atoms with Gasteiger partial charge in [0.15, 0.2) is 6.10 Å². The summed E-state index contributed by atoms with van der Waals surface area (Å²) in [5.74, 6) is -2.40. The second-order valence-electron chi connectivity index (χ2n) is 7.54. The van der Waals surface area contributed by atoms with Gasteiger partial charge in [0.05, 0.1) is 27.6 Å². The highest BCUT2D eigenvalue weighted by molar-refractivity contribution is 5.70. The van der Waals surface area contributed by atoms with Crippen molar-refractivity contribution >= 4 is 17.9 Å². The standard InChI is InChI=1S/C19H33NO6/c1-20(2,3)15-16(14-18(23)24)26-19(25)13-11-9-7-5-4-6-8-10-12-17(21)22/h8,10,16H,4-7,9,11-15H2,1-3H3,(H-,21,22,23,24)/b10-8+. The predicted octanol–water partition coefficient (Wildman–Crippen LogP) is 1.51. The zero-order chi connectivity index (χ0) is 20.0. The maximum absolute atomic E-state index is 11.9. The van der Waals surface area contributed by atoms with Gasteiger partial charge in [0.25, 0.3) is 0 Å². The number of allylic oxidation sites excluding steroid dienone is 1. The van der Waals surface area contributed by atoms with Crippen LogP contribution in [0, 0.1) is 0 Å². The van der Waals surface area contributed by atoms with E-state index in [9.17, 15) is 19.5 Å². The molecular formula is C19H33NO6. The topological polar surface area (TPSA) is 104 Å². The third-order valence-corrected chi connectivity index (χ3v) is 3.65. The number of quaternary nitrogens is 1. The Balaban J connectivity index is 3.84. The summed E-state index contributed by atoms with van der Waals surface area (Å²) in [5, 5.41) is 19.3. The Morgan fingerprint density at radius 3 is 2.23 bits per heavy atom. The molecule has 26 heavy (non-hydrogen) atoms. The molecule has 1 N–H and O–H groups in total. The van der Waals surface area contributed by atoms with Crippen LogP contribution in [0.2, 0.25) is 0 Å². The summed E-state index contributed by atoms with van der Waals surface area (Å²) in [5.41, 5.74) is 0. The molecule has 1 unspecified atom stereocenters. The smallest absolute Gasteiger partial charge is 0.307 e. The molecule has 0 heterocycles. The van der Waals surface area contributed by atoms with Crippen molar-refractivity contribution in [3.8, 4) is 0 Å². The molecule has 0 aliphatic carbocycles. The largest absolute Gasteiger partial charge is 0.550 e. The summed E-state index contributed by atoms with van der Waals surface area (Å²) >= 11 is 0. The maximum atomic E-state index is 11.9. The minimum absolute atomic E-state index is 0.0646. The lowest BCUT2D eigenvalue weighted by Gasteiger charge is -2.29. The first-order valence-electron chi connectivity index (χ1n) is 9.16. The second-order valence-corrected chi connectivity index (χ2v) is 7.54. The van der Waals surface area contributed by atoms with Gasteiger partial charge in [-0.15, -0.1) is 0 Å². The Morgan fingerprint density at radius 1 is 1.04 bits per heavy atom. The van der Waals surface area contributed by atoms with E-state index in [0.717, 1.165) is 38.5 Å². The lowest BCUT2D eigenvalue weighted by Crippen LogP contribution is -2.45. The minimum Gasteiger partial charge on any atom is -0.550 e. The first-order chi connectivity index (χ1) is 12.1. The quantitative estimate of drug-likeness (QED) is 0.202. The van der Waals surface area contributed by atoms with Crippen LogP contribution in [0.5, 0.6) is 0 Å². The van der Waals surface area contributed by atoms with Crippen LogP contribution >= 0.6 is 0 Å². The van der Waals surface area contributed by atoms with Crippen LogP contribution in [0.1, 0.15) is 57.8 Å². The SMILES string of the molecule is C[N+](C)(C)CC(CC(=O)[O-])OC(=O)CCCCCCC/C=C/CC(=O)O. The molecule has 0 aliphatic heterocycles. The fourth-order valence-electron chi connectivity index (χ4n) is 2.55. The Hall–Kier alpha value is -1.89.